The van der Waals surface area contributed by atoms with Crippen molar-refractivity contribution in [3.05, 3.63) is 0 Å². The molecule has 1 rings (SSSR count). The Labute approximate surface area is 112 Å². The van der Waals surface area contributed by atoms with Gasteiger partial charge >= 0.3 is 0 Å². The van der Waals surface area contributed by atoms with Crippen molar-refractivity contribution >= 4 is 21.8 Å². The Kier molecular flexibility index (Phi) is 6.44. The Morgan fingerprint density at radius 2 is 1.94 bits per heavy atom. The van der Waals surface area contributed by atoms with Crippen molar-refractivity contribution in [2.75, 3.05) is 32.8 Å². The van der Waals surface area contributed by atoms with Crippen LogP contribution in [0.1, 0.15) is 20.8 Å². The summed E-state index contributed by atoms with van der Waals surface area (Å²) in [5, 5.41) is 3.04. The average Bonchev–Trinajstić information content (AvgIpc) is 2.28. The summed E-state index contributed by atoms with van der Waals surface area (Å²) in [6.07, 6.45) is 0. The van der Waals surface area contributed by atoms with E-state index in [1.807, 2.05) is 20.8 Å². The van der Waals surface area contributed by atoms with E-state index in [0.29, 0.717) is 5.92 Å². The number of amides is 1. The Morgan fingerprint density at radius 1 is 1.35 bits per heavy atom. The van der Waals surface area contributed by atoms with Crippen LogP contribution in [-0.4, -0.2) is 54.5 Å². The number of hydrogen-bond donors (Lipinski definition) is 1. The maximum absolute atomic E-state index is 11.8. The van der Waals surface area contributed by atoms with Crippen LogP contribution in [-0.2, 0) is 9.53 Å². The summed E-state index contributed by atoms with van der Waals surface area (Å²) in [7, 11) is 0. The molecule has 1 heterocycles. The number of carbonyl (C=O) groups excluding carboxylic acids is 1. The van der Waals surface area contributed by atoms with Crippen LogP contribution < -0.4 is 5.32 Å². The van der Waals surface area contributed by atoms with Gasteiger partial charge in [-0.15, -0.1) is 0 Å². The lowest BCUT2D eigenvalue weighted by molar-refractivity contribution is -0.121. The number of hydrogen-bond acceptors (Lipinski definition) is 3. The van der Waals surface area contributed by atoms with E-state index in [9.17, 15) is 4.79 Å². The molecule has 4 nitrogen and oxygen atoms in total. The zero-order valence-corrected chi connectivity index (χ0v) is 12.5. The number of nitrogens with zero attached hydrogens (tertiary/aromatic N) is 1. The third-order valence-corrected chi connectivity index (χ3v) is 4.33. The highest BCUT2D eigenvalue weighted by Crippen LogP contribution is 2.12. The number of alkyl halides is 1. The van der Waals surface area contributed by atoms with Gasteiger partial charge in [0.2, 0.25) is 5.91 Å². The topological polar surface area (TPSA) is 41.6 Å². The third-order valence-electron chi connectivity index (χ3n) is 2.86. The quantitative estimate of drug-likeness (QED) is 0.777. The fourth-order valence-corrected chi connectivity index (χ4v) is 1.97. The summed E-state index contributed by atoms with van der Waals surface area (Å²) in [4.78, 5) is 14.1. The first kappa shape index (κ1) is 14.9. The second kappa shape index (κ2) is 7.34. The van der Waals surface area contributed by atoms with Gasteiger partial charge in [-0.05, 0) is 12.8 Å². The first-order chi connectivity index (χ1) is 8.00. The van der Waals surface area contributed by atoms with Gasteiger partial charge in [0.15, 0.2) is 0 Å². The molecule has 1 aliphatic heterocycles. The van der Waals surface area contributed by atoms with Crippen molar-refractivity contribution in [2.24, 2.45) is 5.92 Å². The van der Waals surface area contributed by atoms with E-state index in [0.717, 1.165) is 32.8 Å². The molecule has 1 amide bonds. The van der Waals surface area contributed by atoms with E-state index in [1.165, 1.54) is 0 Å². The first-order valence-corrected chi connectivity index (χ1v) is 7.17. The van der Waals surface area contributed by atoms with E-state index < -0.39 is 0 Å². The van der Waals surface area contributed by atoms with Gasteiger partial charge in [-0.1, -0.05) is 29.8 Å². The maximum atomic E-state index is 11.8. The molecule has 1 N–H and O–H groups in total. The van der Waals surface area contributed by atoms with Crippen molar-refractivity contribution in [3.8, 4) is 0 Å². The van der Waals surface area contributed by atoms with Gasteiger partial charge in [0.25, 0.3) is 0 Å². The largest absolute Gasteiger partial charge is 0.379 e. The molecule has 2 atom stereocenters. The molecule has 5 heteroatoms. The molecule has 2 unspecified atom stereocenters. The van der Waals surface area contributed by atoms with Crippen molar-refractivity contribution in [2.45, 2.75) is 31.6 Å². The maximum Gasteiger partial charge on any atom is 0.234 e. The number of morpholine rings is 1. The minimum absolute atomic E-state index is 0.0840. The van der Waals surface area contributed by atoms with E-state index >= 15 is 0 Å². The molecule has 0 aliphatic carbocycles. The highest BCUT2D eigenvalue weighted by molar-refractivity contribution is 9.10. The number of ether oxygens (including phenoxy) is 1. The average molecular weight is 307 g/mol. The summed E-state index contributed by atoms with van der Waals surface area (Å²) in [6, 6.07) is 0.180. The molecule has 1 fully saturated rings. The van der Waals surface area contributed by atoms with Gasteiger partial charge in [-0.2, -0.15) is 0 Å². The van der Waals surface area contributed by atoms with Crippen molar-refractivity contribution < 1.29 is 9.53 Å². The van der Waals surface area contributed by atoms with Gasteiger partial charge in [0.1, 0.15) is 0 Å². The van der Waals surface area contributed by atoms with Crippen molar-refractivity contribution in [1.29, 1.82) is 0 Å². The molecule has 0 aromatic carbocycles. The molecule has 0 radical (unpaired) electrons. The highest BCUT2D eigenvalue weighted by Gasteiger charge is 2.21. The van der Waals surface area contributed by atoms with Crippen LogP contribution in [0.25, 0.3) is 0 Å². The predicted octanol–water partition coefficient (Wildman–Crippen LogP) is 1.24. The van der Waals surface area contributed by atoms with Gasteiger partial charge in [-0.25, -0.2) is 0 Å². The Morgan fingerprint density at radius 3 is 2.47 bits per heavy atom. The fraction of sp³-hybridized carbons (Fsp3) is 0.917. The Hall–Kier alpha value is -0.130. The molecule has 1 aliphatic rings. The van der Waals surface area contributed by atoms with E-state index in [1.54, 1.807) is 0 Å². The summed E-state index contributed by atoms with van der Waals surface area (Å²) in [5.41, 5.74) is 0. The molecular formula is C12H23BrN2O2. The molecule has 17 heavy (non-hydrogen) atoms. The smallest absolute Gasteiger partial charge is 0.234 e. The molecule has 0 bridgehead atoms. The number of rotatable bonds is 5. The number of halogens is 1. The highest BCUT2D eigenvalue weighted by atomic mass is 79.9. The van der Waals surface area contributed by atoms with Gasteiger partial charge in [0, 0.05) is 25.7 Å². The molecule has 0 saturated carbocycles. The lowest BCUT2D eigenvalue weighted by atomic mass is 10.1. The summed E-state index contributed by atoms with van der Waals surface area (Å²) < 4.78 is 5.30. The van der Waals surface area contributed by atoms with Gasteiger partial charge in [-0.3, -0.25) is 9.69 Å². The van der Waals surface area contributed by atoms with Crippen molar-refractivity contribution in [3.63, 3.8) is 0 Å². The molecule has 0 spiro atoms. The van der Waals surface area contributed by atoms with Crippen LogP contribution in [0, 0.1) is 5.92 Å². The Bertz CT molecular complexity index is 243. The number of carbonyl (C=O) groups is 1. The van der Waals surface area contributed by atoms with E-state index in [-0.39, 0.29) is 16.8 Å². The van der Waals surface area contributed by atoms with Crippen LogP contribution in [0.4, 0.5) is 0 Å². The zero-order chi connectivity index (χ0) is 12.8. The lowest BCUT2D eigenvalue weighted by Crippen LogP contribution is -2.48. The van der Waals surface area contributed by atoms with Crippen LogP contribution in [0.5, 0.6) is 0 Å². The first-order valence-electron chi connectivity index (χ1n) is 6.25. The fourth-order valence-electron chi connectivity index (χ4n) is 1.84. The van der Waals surface area contributed by atoms with Gasteiger partial charge in [0.05, 0.1) is 18.0 Å². The minimum Gasteiger partial charge on any atom is -0.379 e. The Balaban J connectivity index is 2.28. The molecule has 0 aromatic rings. The lowest BCUT2D eigenvalue weighted by Gasteiger charge is -2.29. The summed E-state index contributed by atoms with van der Waals surface area (Å²) >= 11 is 3.42. The van der Waals surface area contributed by atoms with Crippen LogP contribution >= 0.6 is 15.9 Å². The van der Waals surface area contributed by atoms with Gasteiger partial charge < -0.3 is 10.1 Å². The normalized spacial score (nSPS) is 21.2. The number of nitrogens with one attached hydrogen (secondary N) is 1. The van der Waals surface area contributed by atoms with Crippen LogP contribution in [0.3, 0.4) is 0 Å². The summed E-state index contributed by atoms with van der Waals surface area (Å²) in [5.74, 6) is 0.395. The monoisotopic (exact) mass is 306 g/mol. The second-order valence-electron chi connectivity index (χ2n) is 4.97. The molecular weight excluding hydrogens is 284 g/mol. The molecule has 0 aromatic heterocycles. The van der Waals surface area contributed by atoms with Crippen LogP contribution in [0.2, 0.25) is 0 Å². The minimum atomic E-state index is -0.102. The third kappa shape index (κ3) is 5.36. The standard InChI is InChI=1S/C12H23BrN2O2/c1-9(2)11(13)12(16)14-10(3)8-15-4-6-17-7-5-15/h9-11H,4-8H2,1-3H3,(H,14,16). The van der Waals surface area contributed by atoms with Crippen molar-refractivity contribution in [1.82, 2.24) is 10.2 Å². The summed E-state index contributed by atoms with van der Waals surface area (Å²) in [6.45, 7) is 10.5. The predicted molar refractivity (Wildman–Crippen MR) is 72.4 cm³/mol. The van der Waals surface area contributed by atoms with E-state index in [2.05, 4.69) is 26.1 Å². The molecule has 100 valence electrons. The SMILES string of the molecule is CC(CN1CCOCC1)NC(=O)C(Br)C(C)C. The van der Waals surface area contributed by atoms with Crippen LogP contribution in [0.15, 0.2) is 0 Å². The zero-order valence-electron chi connectivity index (χ0n) is 10.9. The second-order valence-corrected chi connectivity index (χ2v) is 5.95. The molecule has 1 saturated heterocycles. The van der Waals surface area contributed by atoms with E-state index in [4.69, 9.17) is 4.74 Å².